The predicted octanol–water partition coefficient (Wildman–Crippen LogP) is 1.61. The van der Waals surface area contributed by atoms with E-state index in [0.717, 1.165) is 24.2 Å². The van der Waals surface area contributed by atoms with Crippen LogP contribution < -0.4 is 10.5 Å². The summed E-state index contributed by atoms with van der Waals surface area (Å²) >= 11 is 0. The van der Waals surface area contributed by atoms with Gasteiger partial charge >= 0.3 is 0 Å². The average molecular weight is 207 g/mol. The minimum absolute atomic E-state index is 0.398. The molecule has 1 atom stereocenters. The zero-order valence-corrected chi connectivity index (χ0v) is 8.94. The summed E-state index contributed by atoms with van der Waals surface area (Å²) in [5, 5.41) is 10.0. The molecule has 3 nitrogen and oxygen atoms in total. The number of aliphatic hydroxyl groups excluding tert-OH is 1. The molecule has 1 unspecified atom stereocenters. The van der Waals surface area contributed by atoms with Crippen LogP contribution in [-0.2, 0) is 0 Å². The quantitative estimate of drug-likeness (QED) is 0.788. The van der Waals surface area contributed by atoms with Gasteiger partial charge in [0.1, 0.15) is 5.75 Å². The van der Waals surface area contributed by atoms with E-state index < -0.39 is 11.6 Å². The van der Waals surface area contributed by atoms with E-state index in [9.17, 15) is 5.11 Å². The molecule has 15 heavy (non-hydrogen) atoms. The van der Waals surface area contributed by atoms with Gasteiger partial charge in [0, 0.05) is 5.54 Å². The molecular weight excluding hydrogens is 190 g/mol. The fourth-order valence-electron chi connectivity index (χ4n) is 1.69. The van der Waals surface area contributed by atoms with Gasteiger partial charge in [-0.15, -0.1) is 0 Å². The molecule has 3 N–H and O–H groups in total. The molecule has 2 rings (SSSR count). The fraction of sp³-hybridized carbons (Fsp3) is 0.500. The lowest BCUT2D eigenvalue weighted by Gasteiger charge is -2.18. The molecule has 1 saturated carbocycles. The molecule has 0 bridgehead atoms. The van der Waals surface area contributed by atoms with Crippen LogP contribution in [0.25, 0.3) is 0 Å². The van der Waals surface area contributed by atoms with E-state index in [1.807, 2.05) is 31.2 Å². The van der Waals surface area contributed by atoms with Crippen molar-refractivity contribution < 1.29 is 9.84 Å². The first-order chi connectivity index (χ1) is 7.15. The lowest BCUT2D eigenvalue weighted by molar-refractivity contribution is 0.135. The predicted molar refractivity (Wildman–Crippen MR) is 58.7 cm³/mol. The van der Waals surface area contributed by atoms with Crippen LogP contribution in [-0.4, -0.2) is 17.3 Å². The Morgan fingerprint density at radius 3 is 2.87 bits per heavy atom. The number of hydrogen-bond donors (Lipinski definition) is 2. The van der Waals surface area contributed by atoms with Crippen molar-refractivity contribution in [2.45, 2.75) is 31.4 Å². The van der Waals surface area contributed by atoms with E-state index in [2.05, 4.69) is 0 Å². The Morgan fingerprint density at radius 2 is 2.27 bits per heavy atom. The van der Waals surface area contributed by atoms with Gasteiger partial charge in [-0.2, -0.15) is 0 Å². The first-order valence-corrected chi connectivity index (χ1v) is 5.35. The molecule has 82 valence electrons. The minimum Gasteiger partial charge on any atom is -0.494 e. The van der Waals surface area contributed by atoms with Crippen molar-refractivity contribution >= 4 is 0 Å². The molecule has 1 fully saturated rings. The zero-order valence-electron chi connectivity index (χ0n) is 8.94. The highest BCUT2D eigenvalue weighted by atomic mass is 16.5. The normalized spacial score (nSPS) is 19.7. The molecular formula is C12H17NO2. The summed E-state index contributed by atoms with van der Waals surface area (Å²) in [7, 11) is 0. The van der Waals surface area contributed by atoms with Crippen molar-refractivity contribution in [2.75, 3.05) is 6.61 Å². The van der Waals surface area contributed by atoms with Crippen molar-refractivity contribution in [1.82, 2.24) is 0 Å². The summed E-state index contributed by atoms with van der Waals surface area (Å²) in [5.41, 5.74) is 6.41. The number of ether oxygens (including phenoxy) is 1. The molecule has 0 saturated heterocycles. The van der Waals surface area contributed by atoms with Crippen molar-refractivity contribution in [3.05, 3.63) is 29.8 Å². The summed E-state index contributed by atoms with van der Waals surface area (Å²) in [4.78, 5) is 0. The molecule has 1 aromatic carbocycles. The van der Waals surface area contributed by atoms with Gasteiger partial charge in [0.25, 0.3) is 0 Å². The molecule has 1 aromatic rings. The number of nitrogens with two attached hydrogens (primary N) is 1. The maximum Gasteiger partial charge on any atom is 0.119 e. The molecule has 0 aliphatic heterocycles. The SMILES string of the molecule is CCOc1cccc(C(O)C2(N)CC2)c1. The second-order valence-corrected chi connectivity index (χ2v) is 4.14. The van der Waals surface area contributed by atoms with Crippen molar-refractivity contribution in [1.29, 1.82) is 0 Å². The van der Waals surface area contributed by atoms with Gasteiger partial charge < -0.3 is 15.6 Å². The number of benzene rings is 1. The zero-order chi connectivity index (χ0) is 10.9. The lowest BCUT2D eigenvalue weighted by Crippen LogP contribution is -2.30. The highest BCUT2D eigenvalue weighted by Crippen LogP contribution is 2.43. The van der Waals surface area contributed by atoms with Crippen molar-refractivity contribution in [3.8, 4) is 5.75 Å². The topological polar surface area (TPSA) is 55.5 Å². The summed E-state index contributed by atoms with van der Waals surface area (Å²) in [6.45, 7) is 2.57. The smallest absolute Gasteiger partial charge is 0.119 e. The van der Waals surface area contributed by atoms with Crippen LogP contribution in [0.2, 0.25) is 0 Å². The monoisotopic (exact) mass is 207 g/mol. The van der Waals surface area contributed by atoms with Crippen LogP contribution >= 0.6 is 0 Å². The highest BCUT2D eigenvalue weighted by Gasteiger charge is 2.45. The van der Waals surface area contributed by atoms with Crippen LogP contribution in [0.1, 0.15) is 31.4 Å². The maximum atomic E-state index is 10.0. The molecule has 3 heteroatoms. The second-order valence-electron chi connectivity index (χ2n) is 4.14. The first-order valence-electron chi connectivity index (χ1n) is 5.35. The van der Waals surface area contributed by atoms with E-state index in [1.165, 1.54) is 0 Å². The van der Waals surface area contributed by atoms with Gasteiger partial charge in [-0.25, -0.2) is 0 Å². The molecule has 0 amide bonds. The largest absolute Gasteiger partial charge is 0.494 e. The Balaban J connectivity index is 2.17. The molecule has 1 aliphatic rings. The molecule has 0 heterocycles. The van der Waals surface area contributed by atoms with Gasteiger partial charge in [-0.05, 0) is 37.5 Å². The van der Waals surface area contributed by atoms with Crippen LogP contribution in [0.5, 0.6) is 5.75 Å². The summed E-state index contributed by atoms with van der Waals surface area (Å²) in [6.07, 6.45) is 1.22. The van der Waals surface area contributed by atoms with Gasteiger partial charge in [-0.3, -0.25) is 0 Å². The first kappa shape index (κ1) is 10.5. The van der Waals surface area contributed by atoms with Crippen molar-refractivity contribution in [2.24, 2.45) is 5.73 Å². The highest BCUT2D eigenvalue weighted by molar-refractivity contribution is 5.32. The number of aliphatic hydroxyl groups is 1. The van der Waals surface area contributed by atoms with E-state index in [4.69, 9.17) is 10.5 Å². The molecule has 0 radical (unpaired) electrons. The Morgan fingerprint density at radius 1 is 1.53 bits per heavy atom. The van der Waals surface area contributed by atoms with E-state index >= 15 is 0 Å². The number of hydrogen-bond acceptors (Lipinski definition) is 3. The molecule has 0 aromatic heterocycles. The Bertz CT molecular complexity index is 347. The molecule has 1 aliphatic carbocycles. The standard InChI is InChI=1S/C12H17NO2/c1-2-15-10-5-3-4-9(8-10)11(14)12(13)6-7-12/h3-5,8,11,14H,2,6-7,13H2,1H3. The second kappa shape index (κ2) is 3.83. The van der Waals surface area contributed by atoms with E-state index in [1.54, 1.807) is 0 Å². The Hall–Kier alpha value is -1.06. The third-order valence-electron chi connectivity index (χ3n) is 2.86. The van der Waals surface area contributed by atoms with E-state index in [-0.39, 0.29) is 0 Å². The van der Waals surface area contributed by atoms with Crippen molar-refractivity contribution in [3.63, 3.8) is 0 Å². The van der Waals surface area contributed by atoms with Gasteiger partial charge in [0.05, 0.1) is 12.7 Å². The van der Waals surface area contributed by atoms with E-state index in [0.29, 0.717) is 6.61 Å². The Kier molecular flexibility index (Phi) is 2.67. The summed E-state index contributed by atoms with van der Waals surface area (Å²) in [6, 6.07) is 7.52. The third-order valence-corrected chi connectivity index (χ3v) is 2.86. The van der Waals surface area contributed by atoms with Gasteiger partial charge in [-0.1, -0.05) is 12.1 Å². The van der Waals surface area contributed by atoms with Gasteiger partial charge in [0.15, 0.2) is 0 Å². The summed E-state index contributed by atoms with van der Waals surface area (Å²) < 4.78 is 5.38. The van der Waals surface area contributed by atoms with Crippen LogP contribution in [0.4, 0.5) is 0 Å². The van der Waals surface area contributed by atoms with Crippen LogP contribution in [0.3, 0.4) is 0 Å². The minimum atomic E-state index is -0.571. The molecule has 0 spiro atoms. The van der Waals surface area contributed by atoms with Gasteiger partial charge in [0.2, 0.25) is 0 Å². The lowest BCUT2D eigenvalue weighted by atomic mass is 10.0. The third kappa shape index (κ3) is 2.13. The summed E-state index contributed by atoms with van der Waals surface area (Å²) in [5.74, 6) is 0.790. The van der Waals surface area contributed by atoms with Crippen LogP contribution in [0, 0.1) is 0 Å². The fourth-order valence-corrected chi connectivity index (χ4v) is 1.69. The average Bonchev–Trinajstić information content (AvgIpc) is 2.98. The van der Waals surface area contributed by atoms with Crippen LogP contribution in [0.15, 0.2) is 24.3 Å². The Labute approximate surface area is 89.9 Å². The maximum absolute atomic E-state index is 10.0. The number of rotatable bonds is 4.